The van der Waals surface area contributed by atoms with Gasteiger partial charge in [-0.3, -0.25) is 4.79 Å². The zero-order chi connectivity index (χ0) is 28.2. The van der Waals surface area contributed by atoms with Gasteiger partial charge in [0, 0.05) is 30.9 Å². The monoisotopic (exact) mass is 581 g/mol. The van der Waals surface area contributed by atoms with Crippen molar-refractivity contribution in [2.45, 2.75) is 136 Å². The van der Waals surface area contributed by atoms with Crippen LogP contribution in [0.25, 0.3) is 0 Å². The van der Waals surface area contributed by atoms with E-state index in [2.05, 4.69) is 24.5 Å². The number of nitrogens with zero attached hydrogens (tertiary/aromatic N) is 1. The van der Waals surface area contributed by atoms with Crippen LogP contribution in [0.15, 0.2) is 24.3 Å². The number of halogens is 1. The molecule has 0 aliphatic rings. The Kier molecular flexibility index (Phi) is 27.4. The molecule has 0 saturated heterocycles. The number of alkyl carbamates (subject to hydrolysis) is 1. The Bertz CT molecular complexity index is 720. The van der Waals surface area contributed by atoms with E-state index < -0.39 is 6.09 Å². The Morgan fingerprint density at radius 2 is 1.25 bits per heavy atom. The van der Waals surface area contributed by atoms with Gasteiger partial charge in [0.15, 0.2) is 0 Å². The van der Waals surface area contributed by atoms with Gasteiger partial charge in [0.2, 0.25) is 6.41 Å². The summed E-state index contributed by atoms with van der Waals surface area (Å²) in [4.78, 5) is 25.6. The first-order valence-corrected chi connectivity index (χ1v) is 16.1. The summed E-state index contributed by atoms with van der Waals surface area (Å²) >= 11 is 0. The molecule has 0 atom stereocenters. The predicted octanol–water partition coefficient (Wildman–Crippen LogP) is 8.95. The number of unbranched alkanes of at least 4 members (excludes halogenated alkanes) is 16. The molecule has 1 aromatic carbocycles. The molecule has 2 N–H and O–H groups in total. The molecule has 1 rings (SSSR count). The van der Waals surface area contributed by atoms with Crippen LogP contribution in [0.1, 0.15) is 135 Å². The predicted molar refractivity (Wildman–Crippen MR) is 173 cm³/mol. The van der Waals surface area contributed by atoms with E-state index in [-0.39, 0.29) is 19.0 Å². The summed E-state index contributed by atoms with van der Waals surface area (Å²) in [5.74, 6) is 0. The first-order valence-electron chi connectivity index (χ1n) is 16.1. The minimum atomic E-state index is -0.433. The highest BCUT2D eigenvalue weighted by molar-refractivity contribution is 5.85. The zero-order valence-corrected chi connectivity index (χ0v) is 26.5. The Morgan fingerprint density at radius 3 is 1.80 bits per heavy atom. The minimum absolute atomic E-state index is 0. The first kappa shape index (κ1) is 38.2. The third-order valence-corrected chi connectivity index (χ3v) is 7.32. The normalized spacial score (nSPS) is 10.7. The maximum absolute atomic E-state index is 12.0. The van der Waals surface area contributed by atoms with Crippen molar-refractivity contribution in [2.75, 3.05) is 31.1 Å². The molecule has 1 aromatic rings. The van der Waals surface area contributed by atoms with E-state index in [0.29, 0.717) is 13.1 Å². The molecule has 0 saturated carbocycles. The van der Waals surface area contributed by atoms with E-state index in [0.717, 1.165) is 56.4 Å². The Morgan fingerprint density at radius 1 is 0.725 bits per heavy atom. The average Bonchev–Trinajstić information content (AvgIpc) is 2.96. The molecule has 2 amide bonds. The standard InChI is InChI=1S/C33H59N3O3.ClH/c1-3-5-7-8-9-10-11-12-13-14-15-16-17-18-19-22-28-36(30-37)32-24-21-20-23-31(32)29-39-33(38)35-27-26-34-25-6-4-2;/h20-21,23-24,30,34H,3-19,22,25-29H2,1-2H3,(H,35,38);1H. The van der Waals surface area contributed by atoms with Crippen LogP contribution in [0.5, 0.6) is 0 Å². The fourth-order valence-corrected chi connectivity index (χ4v) is 4.85. The fraction of sp³-hybridized carbons (Fsp3) is 0.758. The molecule has 0 heterocycles. The average molecular weight is 582 g/mol. The minimum Gasteiger partial charge on any atom is -0.445 e. The van der Waals surface area contributed by atoms with E-state index in [9.17, 15) is 9.59 Å². The molecule has 0 aliphatic carbocycles. The van der Waals surface area contributed by atoms with Gasteiger partial charge in [-0.1, -0.05) is 135 Å². The molecule has 232 valence electrons. The third kappa shape index (κ3) is 21.0. The van der Waals surface area contributed by atoms with Crippen molar-refractivity contribution in [1.29, 1.82) is 0 Å². The lowest BCUT2D eigenvalue weighted by Crippen LogP contribution is -2.32. The van der Waals surface area contributed by atoms with Crippen LogP contribution in [0.2, 0.25) is 0 Å². The lowest BCUT2D eigenvalue weighted by molar-refractivity contribution is -0.107. The van der Waals surface area contributed by atoms with Gasteiger partial charge in [-0.15, -0.1) is 12.4 Å². The first-order chi connectivity index (χ1) is 19.2. The molecular formula is C33H60ClN3O3. The van der Waals surface area contributed by atoms with Gasteiger partial charge in [-0.25, -0.2) is 4.79 Å². The highest BCUT2D eigenvalue weighted by Crippen LogP contribution is 2.21. The molecule has 40 heavy (non-hydrogen) atoms. The number of nitrogens with one attached hydrogen (secondary N) is 2. The Hall–Kier alpha value is -1.79. The highest BCUT2D eigenvalue weighted by atomic mass is 35.5. The van der Waals surface area contributed by atoms with Crippen LogP contribution in [0, 0.1) is 0 Å². The second-order valence-electron chi connectivity index (χ2n) is 10.8. The molecule has 0 aromatic heterocycles. The smallest absolute Gasteiger partial charge is 0.407 e. The second kappa shape index (κ2) is 28.7. The molecule has 7 heteroatoms. The van der Waals surface area contributed by atoms with E-state index in [1.807, 2.05) is 24.3 Å². The van der Waals surface area contributed by atoms with Gasteiger partial charge in [-0.2, -0.15) is 0 Å². The van der Waals surface area contributed by atoms with E-state index in [1.54, 1.807) is 4.90 Å². The lowest BCUT2D eigenvalue weighted by atomic mass is 10.0. The quantitative estimate of drug-likeness (QED) is 0.0803. The number of amides is 2. The fourth-order valence-electron chi connectivity index (χ4n) is 4.85. The third-order valence-electron chi connectivity index (χ3n) is 7.32. The van der Waals surface area contributed by atoms with Gasteiger partial charge in [0.25, 0.3) is 0 Å². The summed E-state index contributed by atoms with van der Waals surface area (Å²) in [6.45, 7) is 7.49. The molecule has 0 radical (unpaired) electrons. The summed E-state index contributed by atoms with van der Waals surface area (Å²) in [6.07, 6.45) is 24.1. The Balaban J connectivity index is 0.0000152. The van der Waals surface area contributed by atoms with Crippen molar-refractivity contribution < 1.29 is 14.3 Å². The Labute approximate surface area is 252 Å². The van der Waals surface area contributed by atoms with Crippen LogP contribution in [0.4, 0.5) is 10.5 Å². The molecule has 0 unspecified atom stereocenters. The zero-order valence-electron chi connectivity index (χ0n) is 25.7. The summed E-state index contributed by atoms with van der Waals surface area (Å²) in [5.41, 5.74) is 1.67. The largest absolute Gasteiger partial charge is 0.445 e. The van der Waals surface area contributed by atoms with Gasteiger partial charge >= 0.3 is 6.09 Å². The van der Waals surface area contributed by atoms with E-state index in [1.165, 1.54) is 89.9 Å². The summed E-state index contributed by atoms with van der Waals surface area (Å²) in [6, 6.07) is 7.68. The van der Waals surface area contributed by atoms with Gasteiger partial charge in [0.05, 0.1) is 0 Å². The summed E-state index contributed by atoms with van der Waals surface area (Å²) in [5, 5.41) is 6.06. The van der Waals surface area contributed by atoms with Gasteiger partial charge < -0.3 is 20.3 Å². The van der Waals surface area contributed by atoms with Crippen LogP contribution < -0.4 is 15.5 Å². The highest BCUT2D eigenvalue weighted by Gasteiger charge is 2.12. The number of ether oxygens (including phenoxy) is 1. The molecular weight excluding hydrogens is 522 g/mol. The van der Waals surface area contributed by atoms with Crippen LogP contribution >= 0.6 is 12.4 Å². The molecule has 0 fully saturated rings. The summed E-state index contributed by atoms with van der Waals surface area (Å²) < 4.78 is 5.41. The van der Waals surface area contributed by atoms with E-state index in [4.69, 9.17) is 4.74 Å². The number of anilines is 1. The molecule has 0 aliphatic heterocycles. The maximum Gasteiger partial charge on any atom is 0.407 e. The second-order valence-corrected chi connectivity index (χ2v) is 10.8. The van der Waals surface area contributed by atoms with Crippen molar-refractivity contribution in [1.82, 2.24) is 10.6 Å². The number of hydrogen-bond acceptors (Lipinski definition) is 4. The number of hydrogen-bond donors (Lipinski definition) is 2. The van der Waals surface area contributed by atoms with Crippen molar-refractivity contribution in [3.05, 3.63) is 29.8 Å². The summed E-state index contributed by atoms with van der Waals surface area (Å²) in [7, 11) is 0. The number of carbonyl (C=O) groups excluding carboxylic acids is 2. The maximum atomic E-state index is 12.0. The number of para-hydroxylation sites is 1. The van der Waals surface area contributed by atoms with Crippen molar-refractivity contribution in [3.8, 4) is 0 Å². The number of rotatable bonds is 27. The topological polar surface area (TPSA) is 70.7 Å². The molecule has 0 spiro atoms. The van der Waals surface area contributed by atoms with Crippen molar-refractivity contribution >= 4 is 30.6 Å². The van der Waals surface area contributed by atoms with Gasteiger partial charge in [0.1, 0.15) is 6.61 Å². The molecule has 0 bridgehead atoms. The molecule has 6 nitrogen and oxygen atoms in total. The van der Waals surface area contributed by atoms with E-state index >= 15 is 0 Å². The lowest BCUT2D eigenvalue weighted by Gasteiger charge is -2.21. The van der Waals surface area contributed by atoms with Crippen molar-refractivity contribution in [3.63, 3.8) is 0 Å². The van der Waals surface area contributed by atoms with Crippen LogP contribution in [-0.4, -0.2) is 38.7 Å². The van der Waals surface area contributed by atoms with Crippen molar-refractivity contribution in [2.24, 2.45) is 0 Å². The van der Waals surface area contributed by atoms with Crippen LogP contribution in [-0.2, 0) is 16.1 Å². The number of carbonyl (C=O) groups is 2. The van der Waals surface area contributed by atoms with Crippen LogP contribution in [0.3, 0.4) is 0 Å². The SMILES string of the molecule is CCCCCCCCCCCCCCCCCCN(C=O)c1ccccc1COC(=O)NCCNCCCC.Cl. The number of benzene rings is 1. The van der Waals surface area contributed by atoms with Gasteiger partial charge in [-0.05, 0) is 25.5 Å².